The van der Waals surface area contributed by atoms with E-state index in [4.69, 9.17) is 0 Å². The molecule has 1 aliphatic heterocycles. The fourth-order valence-electron chi connectivity index (χ4n) is 0.942. The highest BCUT2D eigenvalue weighted by atomic mass is 16.1. The quantitative estimate of drug-likeness (QED) is 0.527. The molecule has 0 spiro atoms. The molecule has 0 fully saturated rings. The molecule has 3 heteroatoms. The van der Waals surface area contributed by atoms with Crippen LogP contribution in [0.3, 0.4) is 0 Å². The maximum Gasteiger partial charge on any atom is 0.245 e. The summed E-state index contributed by atoms with van der Waals surface area (Å²) in [4.78, 5) is 14.7. The second-order valence-electron chi connectivity index (χ2n) is 2.52. The average Bonchev–Trinajstić information content (AvgIpc) is 1.83. The summed E-state index contributed by atoms with van der Waals surface area (Å²) in [6, 6.07) is 0. The molecule has 0 aromatic heterocycles. The van der Waals surface area contributed by atoms with Gasteiger partial charge in [-0.2, -0.15) is 0 Å². The van der Waals surface area contributed by atoms with Gasteiger partial charge in [0.15, 0.2) is 0 Å². The Balaban J connectivity index is 2.55. The van der Waals surface area contributed by atoms with Gasteiger partial charge in [-0.25, -0.2) is 4.99 Å². The fraction of sp³-hybridized carbons (Fsp3) is 0.714. The maximum absolute atomic E-state index is 10.8. The van der Waals surface area contributed by atoms with Gasteiger partial charge in [0.25, 0.3) is 0 Å². The van der Waals surface area contributed by atoms with Crippen molar-refractivity contribution in [1.82, 2.24) is 5.32 Å². The molecule has 3 nitrogen and oxygen atoms in total. The average molecular weight is 140 g/mol. The molecule has 0 unspecified atom stereocenters. The Morgan fingerprint density at radius 2 is 2.40 bits per heavy atom. The lowest BCUT2D eigenvalue weighted by molar-refractivity contribution is -0.117. The summed E-state index contributed by atoms with van der Waals surface area (Å²) in [6.07, 6.45) is 1.50. The number of nitrogens with zero attached hydrogens (tertiary/aromatic N) is 1. The minimum atomic E-state index is 0.0269. The van der Waals surface area contributed by atoms with Gasteiger partial charge in [0, 0.05) is 18.7 Å². The van der Waals surface area contributed by atoms with Gasteiger partial charge in [-0.3, -0.25) is 4.79 Å². The first-order chi connectivity index (χ1) is 4.79. The van der Waals surface area contributed by atoms with E-state index in [1.54, 1.807) is 0 Å². The highest BCUT2D eigenvalue weighted by Gasteiger charge is 2.03. The van der Waals surface area contributed by atoms with E-state index >= 15 is 0 Å². The van der Waals surface area contributed by atoms with Crippen LogP contribution < -0.4 is 5.32 Å². The van der Waals surface area contributed by atoms with Gasteiger partial charge in [-0.15, -0.1) is 0 Å². The van der Waals surface area contributed by atoms with Crippen molar-refractivity contribution in [3.05, 3.63) is 0 Å². The number of amides is 1. The molecule has 0 radical (unpaired) electrons. The predicted octanol–water partition coefficient (Wildman–Crippen LogP) is 0.357. The first-order valence-corrected chi connectivity index (χ1v) is 3.57. The lowest BCUT2D eigenvalue weighted by atomic mass is 10.2. The highest BCUT2D eigenvalue weighted by molar-refractivity contribution is 5.95. The first kappa shape index (κ1) is 7.41. The van der Waals surface area contributed by atoms with Crippen LogP contribution in [0.1, 0.15) is 19.8 Å². The van der Waals surface area contributed by atoms with E-state index in [0.717, 1.165) is 25.2 Å². The van der Waals surface area contributed by atoms with Gasteiger partial charge < -0.3 is 5.32 Å². The van der Waals surface area contributed by atoms with Gasteiger partial charge in [0.2, 0.25) is 5.91 Å². The lowest BCUT2D eigenvalue weighted by Crippen LogP contribution is -2.25. The maximum atomic E-state index is 10.8. The zero-order valence-electron chi connectivity index (χ0n) is 6.18. The zero-order valence-corrected chi connectivity index (χ0v) is 6.18. The molecule has 0 bridgehead atoms. The first-order valence-electron chi connectivity index (χ1n) is 3.57. The van der Waals surface area contributed by atoms with Crippen LogP contribution in [0.15, 0.2) is 4.99 Å². The molecule has 0 aromatic rings. The normalized spacial score (nSPS) is 21.3. The molecule has 0 saturated heterocycles. The molecular formula is C7H12N2O. The smallest absolute Gasteiger partial charge is 0.245 e. The van der Waals surface area contributed by atoms with Gasteiger partial charge in [-0.1, -0.05) is 0 Å². The Labute approximate surface area is 60.5 Å². The molecule has 56 valence electrons. The minimum Gasteiger partial charge on any atom is -0.311 e. The second-order valence-corrected chi connectivity index (χ2v) is 2.52. The van der Waals surface area contributed by atoms with E-state index in [-0.39, 0.29) is 5.91 Å². The summed E-state index contributed by atoms with van der Waals surface area (Å²) >= 11 is 0. The van der Waals surface area contributed by atoms with E-state index < -0.39 is 0 Å². The predicted molar refractivity (Wildman–Crippen MR) is 40.2 cm³/mol. The summed E-state index contributed by atoms with van der Waals surface area (Å²) in [5.41, 5.74) is 0.893. The largest absolute Gasteiger partial charge is 0.311 e. The summed E-state index contributed by atoms with van der Waals surface area (Å²) in [5, 5.41) is 3.17. The third-order valence-electron chi connectivity index (χ3n) is 1.44. The van der Waals surface area contributed by atoms with Crippen LogP contribution in [0.4, 0.5) is 0 Å². The molecule has 1 N–H and O–H groups in total. The Hall–Kier alpha value is -0.700. The van der Waals surface area contributed by atoms with Crippen molar-refractivity contribution >= 4 is 11.6 Å². The number of nitrogens with one attached hydrogen (secondary N) is 1. The summed E-state index contributed by atoms with van der Waals surface area (Å²) in [6.45, 7) is 3.56. The zero-order chi connectivity index (χ0) is 7.40. The SMILES string of the molecule is CC1=NC(=O)CCCNC1. The lowest BCUT2D eigenvalue weighted by Gasteiger charge is -2.06. The van der Waals surface area contributed by atoms with Gasteiger partial charge >= 0.3 is 0 Å². The standard InChI is InChI=1S/C7H12N2O/c1-6-5-8-4-2-3-7(10)9-6/h8H,2-5H2,1H3. The molecule has 0 aromatic carbocycles. The van der Waals surface area contributed by atoms with Crippen LogP contribution in [-0.4, -0.2) is 24.7 Å². The monoisotopic (exact) mass is 140 g/mol. The molecule has 1 heterocycles. The van der Waals surface area contributed by atoms with Crippen LogP contribution in [0.2, 0.25) is 0 Å². The van der Waals surface area contributed by atoms with E-state index in [1.807, 2.05) is 6.92 Å². The minimum absolute atomic E-state index is 0.0269. The third kappa shape index (κ3) is 2.27. The van der Waals surface area contributed by atoms with Crippen molar-refractivity contribution in [3.8, 4) is 0 Å². The van der Waals surface area contributed by atoms with Crippen LogP contribution in [0, 0.1) is 0 Å². The van der Waals surface area contributed by atoms with E-state index in [1.165, 1.54) is 0 Å². The van der Waals surface area contributed by atoms with E-state index in [9.17, 15) is 4.79 Å². The van der Waals surface area contributed by atoms with Gasteiger partial charge in [-0.05, 0) is 19.9 Å². The second kappa shape index (κ2) is 3.46. The van der Waals surface area contributed by atoms with Crippen LogP contribution >= 0.6 is 0 Å². The van der Waals surface area contributed by atoms with Crippen molar-refractivity contribution in [2.75, 3.05) is 13.1 Å². The Morgan fingerprint density at radius 1 is 1.60 bits per heavy atom. The fourth-order valence-corrected chi connectivity index (χ4v) is 0.942. The van der Waals surface area contributed by atoms with Crippen molar-refractivity contribution in [2.24, 2.45) is 4.99 Å². The molecule has 0 atom stereocenters. The number of hydrogen-bond acceptors (Lipinski definition) is 2. The molecule has 1 rings (SSSR count). The third-order valence-corrected chi connectivity index (χ3v) is 1.44. The van der Waals surface area contributed by atoms with E-state index in [2.05, 4.69) is 10.3 Å². The number of aliphatic imine (C=N–C) groups is 1. The summed E-state index contributed by atoms with van der Waals surface area (Å²) in [5.74, 6) is 0.0269. The molecule has 10 heavy (non-hydrogen) atoms. The van der Waals surface area contributed by atoms with Crippen molar-refractivity contribution < 1.29 is 4.79 Å². The van der Waals surface area contributed by atoms with Crippen molar-refractivity contribution in [3.63, 3.8) is 0 Å². The van der Waals surface area contributed by atoms with Gasteiger partial charge in [0.05, 0.1) is 0 Å². The molecule has 1 amide bonds. The number of carbonyl (C=O) groups is 1. The van der Waals surface area contributed by atoms with Crippen LogP contribution in [0.5, 0.6) is 0 Å². The Kier molecular flexibility index (Phi) is 2.57. The molecule has 1 aliphatic rings. The van der Waals surface area contributed by atoms with Gasteiger partial charge in [0.1, 0.15) is 0 Å². The molecule has 0 saturated carbocycles. The van der Waals surface area contributed by atoms with Crippen molar-refractivity contribution in [2.45, 2.75) is 19.8 Å². The summed E-state index contributed by atoms with van der Waals surface area (Å²) < 4.78 is 0. The summed E-state index contributed by atoms with van der Waals surface area (Å²) in [7, 11) is 0. The van der Waals surface area contributed by atoms with Crippen LogP contribution in [0.25, 0.3) is 0 Å². The molecular weight excluding hydrogens is 128 g/mol. The number of hydrogen-bond donors (Lipinski definition) is 1. The topological polar surface area (TPSA) is 41.5 Å². The van der Waals surface area contributed by atoms with E-state index in [0.29, 0.717) is 6.42 Å². The van der Waals surface area contributed by atoms with Crippen LogP contribution in [-0.2, 0) is 4.79 Å². The highest BCUT2D eigenvalue weighted by Crippen LogP contribution is 1.94. The number of rotatable bonds is 0. The Morgan fingerprint density at radius 3 is 3.20 bits per heavy atom. The Bertz CT molecular complexity index is 163. The van der Waals surface area contributed by atoms with Crippen molar-refractivity contribution in [1.29, 1.82) is 0 Å². The molecule has 0 aliphatic carbocycles. The number of carbonyl (C=O) groups excluding carboxylic acids is 1.